The van der Waals surface area contributed by atoms with E-state index in [0.717, 1.165) is 39.6 Å². The van der Waals surface area contributed by atoms with E-state index >= 15 is 0 Å². The van der Waals surface area contributed by atoms with Gasteiger partial charge in [0.05, 0.1) is 25.7 Å². The second-order valence-electron chi connectivity index (χ2n) is 5.53. The van der Waals surface area contributed by atoms with Crippen molar-refractivity contribution in [2.75, 3.05) is 25.4 Å². The van der Waals surface area contributed by atoms with E-state index in [1.165, 1.54) is 0 Å². The Hall–Kier alpha value is -3.00. The molecule has 1 aliphatic heterocycles. The Morgan fingerprint density at radius 3 is 2.62 bits per heavy atom. The molecule has 1 aliphatic rings. The highest BCUT2D eigenvalue weighted by atomic mass is 32.2. The van der Waals surface area contributed by atoms with Crippen molar-refractivity contribution in [2.45, 2.75) is 5.16 Å². The number of hydrogen-bond acceptors (Lipinski definition) is 6. The lowest BCUT2D eigenvalue weighted by Crippen LogP contribution is -2.30. The Balaban J connectivity index is 1.63. The zero-order valence-electron chi connectivity index (χ0n) is 14.3. The molecule has 0 atom stereocenters. The summed E-state index contributed by atoms with van der Waals surface area (Å²) < 4.78 is 12.3. The van der Waals surface area contributed by atoms with Crippen molar-refractivity contribution in [3.05, 3.63) is 48.5 Å². The van der Waals surface area contributed by atoms with Crippen LogP contribution in [0, 0.1) is 0 Å². The van der Waals surface area contributed by atoms with Crippen LogP contribution in [0.25, 0.3) is 11.4 Å². The third-order valence-electron chi connectivity index (χ3n) is 3.88. The second kappa shape index (κ2) is 7.09. The van der Waals surface area contributed by atoms with E-state index in [1.54, 1.807) is 26.0 Å². The predicted octanol–water partition coefficient (Wildman–Crippen LogP) is 3.34. The number of fused-ring (bicyclic) bond motifs is 1. The summed E-state index contributed by atoms with van der Waals surface area (Å²) in [7, 11) is 3.29. The van der Waals surface area contributed by atoms with Crippen LogP contribution in [0.4, 0.5) is 5.69 Å². The lowest BCUT2D eigenvalue weighted by molar-refractivity contribution is 0.415. The predicted molar refractivity (Wildman–Crippen MR) is 102 cm³/mol. The summed E-state index contributed by atoms with van der Waals surface area (Å²) in [6.07, 6.45) is 0. The van der Waals surface area contributed by atoms with Gasteiger partial charge in [-0.05, 0) is 36.4 Å². The standard InChI is InChI=1S/C18H17N5O2S/c1-24-14-8-6-12(7-9-14)17-20-21-18-23(17)22-16(11-26-18)19-13-4-3-5-15(10-13)25-2/h3-10H,11H2,1-2H3,(H,19,22). The molecule has 0 aliphatic carbocycles. The van der Waals surface area contributed by atoms with Crippen LogP contribution in [-0.4, -0.2) is 40.7 Å². The Kier molecular flexibility index (Phi) is 4.49. The smallest absolute Gasteiger partial charge is 0.211 e. The lowest BCUT2D eigenvalue weighted by atomic mass is 10.2. The van der Waals surface area contributed by atoms with Crippen LogP contribution in [0.15, 0.2) is 58.7 Å². The number of benzene rings is 2. The van der Waals surface area contributed by atoms with Gasteiger partial charge in [0.2, 0.25) is 5.16 Å². The first-order valence-corrected chi connectivity index (χ1v) is 8.96. The summed E-state index contributed by atoms with van der Waals surface area (Å²) in [6, 6.07) is 15.4. The van der Waals surface area contributed by atoms with Crippen LogP contribution in [0.1, 0.15) is 0 Å². The summed E-state index contributed by atoms with van der Waals surface area (Å²) in [5, 5.41) is 9.36. The maximum atomic E-state index is 5.25. The number of nitrogens with zero attached hydrogens (tertiary/aromatic N) is 4. The number of nitrogens with one attached hydrogen (secondary N) is 1. The molecule has 0 amide bonds. The van der Waals surface area contributed by atoms with Gasteiger partial charge in [-0.3, -0.25) is 5.43 Å². The van der Waals surface area contributed by atoms with Crippen LogP contribution in [0.2, 0.25) is 0 Å². The molecule has 0 spiro atoms. The zero-order chi connectivity index (χ0) is 17.9. The molecule has 3 aromatic rings. The first-order valence-electron chi connectivity index (χ1n) is 7.98. The molecular formula is C18H17N5O2S. The fraction of sp³-hybridized carbons (Fsp3) is 0.167. The van der Waals surface area contributed by atoms with Crippen LogP contribution in [-0.2, 0) is 0 Å². The van der Waals surface area contributed by atoms with E-state index in [0.29, 0.717) is 5.75 Å². The number of aliphatic imine (C=N–C) groups is 1. The number of aromatic nitrogens is 3. The maximum absolute atomic E-state index is 5.25. The molecule has 7 nitrogen and oxygen atoms in total. The Labute approximate surface area is 155 Å². The van der Waals surface area contributed by atoms with Crippen molar-refractivity contribution < 1.29 is 9.47 Å². The summed E-state index contributed by atoms with van der Waals surface area (Å²) >= 11 is 1.59. The van der Waals surface area contributed by atoms with Gasteiger partial charge in [0.25, 0.3) is 0 Å². The number of thioether (sulfide) groups is 1. The third kappa shape index (κ3) is 3.23. The fourth-order valence-electron chi connectivity index (χ4n) is 2.58. The summed E-state index contributed by atoms with van der Waals surface area (Å²) in [5.74, 6) is 3.82. The first-order chi connectivity index (χ1) is 12.8. The van der Waals surface area contributed by atoms with Gasteiger partial charge in [-0.15, -0.1) is 10.2 Å². The highest BCUT2D eigenvalue weighted by Crippen LogP contribution is 2.28. The molecular weight excluding hydrogens is 350 g/mol. The zero-order valence-corrected chi connectivity index (χ0v) is 15.2. The second-order valence-corrected chi connectivity index (χ2v) is 6.47. The largest absolute Gasteiger partial charge is 0.497 e. The molecule has 0 unspecified atom stereocenters. The van der Waals surface area contributed by atoms with Crippen LogP contribution >= 0.6 is 11.8 Å². The van der Waals surface area contributed by atoms with Gasteiger partial charge in [0.1, 0.15) is 17.3 Å². The maximum Gasteiger partial charge on any atom is 0.211 e. The number of amidine groups is 1. The average molecular weight is 367 g/mol. The molecule has 2 aromatic carbocycles. The molecule has 4 rings (SSSR count). The average Bonchev–Trinajstić information content (AvgIpc) is 3.11. The van der Waals surface area contributed by atoms with Gasteiger partial charge in [-0.1, -0.05) is 17.8 Å². The fourth-order valence-corrected chi connectivity index (χ4v) is 3.33. The number of ether oxygens (including phenoxy) is 2. The third-order valence-corrected chi connectivity index (χ3v) is 4.82. The highest BCUT2D eigenvalue weighted by molar-refractivity contribution is 7.99. The molecule has 2 heterocycles. The van der Waals surface area contributed by atoms with E-state index in [-0.39, 0.29) is 0 Å². The minimum Gasteiger partial charge on any atom is -0.497 e. The molecule has 26 heavy (non-hydrogen) atoms. The first kappa shape index (κ1) is 16.5. The van der Waals surface area contributed by atoms with E-state index in [4.69, 9.17) is 9.47 Å². The van der Waals surface area contributed by atoms with Gasteiger partial charge >= 0.3 is 0 Å². The van der Waals surface area contributed by atoms with E-state index in [1.807, 2.05) is 53.2 Å². The lowest BCUT2D eigenvalue weighted by Gasteiger charge is -2.19. The molecule has 0 bridgehead atoms. The Bertz CT molecular complexity index is 952. The van der Waals surface area contributed by atoms with Crippen molar-refractivity contribution in [1.29, 1.82) is 0 Å². The Morgan fingerprint density at radius 1 is 1.04 bits per heavy atom. The van der Waals surface area contributed by atoms with Crippen LogP contribution in [0.5, 0.6) is 11.5 Å². The molecule has 0 fully saturated rings. The van der Waals surface area contributed by atoms with Gasteiger partial charge in [-0.2, -0.15) is 0 Å². The Morgan fingerprint density at radius 2 is 1.85 bits per heavy atom. The minimum atomic E-state index is 0.692. The van der Waals surface area contributed by atoms with Crippen LogP contribution in [0.3, 0.4) is 0 Å². The minimum absolute atomic E-state index is 0.692. The molecule has 8 heteroatoms. The van der Waals surface area contributed by atoms with Crippen molar-refractivity contribution >= 4 is 23.3 Å². The monoisotopic (exact) mass is 367 g/mol. The van der Waals surface area contributed by atoms with Gasteiger partial charge in [0, 0.05) is 11.6 Å². The molecule has 1 N–H and O–H groups in total. The molecule has 0 radical (unpaired) electrons. The molecule has 132 valence electrons. The molecule has 0 saturated carbocycles. The van der Waals surface area contributed by atoms with Crippen molar-refractivity contribution in [3.8, 4) is 22.9 Å². The van der Waals surface area contributed by atoms with E-state index in [2.05, 4.69) is 20.6 Å². The van der Waals surface area contributed by atoms with Gasteiger partial charge < -0.3 is 9.47 Å². The number of methoxy groups -OCH3 is 2. The summed E-state index contributed by atoms with van der Waals surface area (Å²) in [5.41, 5.74) is 5.08. The van der Waals surface area contributed by atoms with Gasteiger partial charge in [-0.25, -0.2) is 9.67 Å². The SMILES string of the molecule is COc1ccc(-c2nnc3n2NC(=Nc2cccc(OC)c2)CS3)cc1. The van der Waals surface area contributed by atoms with Crippen molar-refractivity contribution in [2.24, 2.45) is 4.99 Å². The quantitative estimate of drug-likeness (QED) is 0.762. The topological polar surface area (TPSA) is 73.6 Å². The number of rotatable bonds is 4. The molecule has 1 aromatic heterocycles. The highest BCUT2D eigenvalue weighted by Gasteiger charge is 2.21. The summed E-state index contributed by atoms with van der Waals surface area (Å²) in [6.45, 7) is 0. The van der Waals surface area contributed by atoms with E-state index in [9.17, 15) is 0 Å². The molecule has 0 saturated heterocycles. The normalized spacial score (nSPS) is 14.6. The summed E-state index contributed by atoms with van der Waals surface area (Å²) in [4.78, 5) is 4.68. The van der Waals surface area contributed by atoms with Gasteiger partial charge in [0.15, 0.2) is 5.82 Å². The van der Waals surface area contributed by atoms with Crippen molar-refractivity contribution in [3.63, 3.8) is 0 Å². The van der Waals surface area contributed by atoms with Crippen LogP contribution < -0.4 is 14.9 Å². The number of hydrogen-bond donors (Lipinski definition) is 1. The van der Waals surface area contributed by atoms with E-state index < -0.39 is 0 Å². The van der Waals surface area contributed by atoms with Crippen molar-refractivity contribution in [1.82, 2.24) is 14.9 Å².